The number of nitrogen functional groups attached to an aromatic ring is 1. The monoisotopic (exact) mass is 284 g/mol. The van der Waals surface area contributed by atoms with Crippen LogP contribution in [0, 0.1) is 0 Å². The van der Waals surface area contributed by atoms with Gasteiger partial charge in [0.05, 0.1) is 12.7 Å². The fourth-order valence-electron chi connectivity index (χ4n) is 1.71. The van der Waals surface area contributed by atoms with Gasteiger partial charge in [0.15, 0.2) is 0 Å². The average molecular weight is 284 g/mol. The van der Waals surface area contributed by atoms with Crippen LogP contribution in [0.25, 0.3) is 0 Å². The van der Waals surface area contributed by atoms with Crippen LogP contribution in [0.15, 0.2) is 0 Å². The lowest BCUT2D eigenvalue weighted by atomic mass is 10.4. The second-order valence-corrected chi connectivity index (χ2v) is 4.18. The SMILES string of the molecule is CCN(CC)c1nc(N)nc(NCC(COC)OC)n1. The van der Waals surface area contributed by atoms with Gasteiger partial charge >= 0.3 is 0 Å². The predicted octanol–water partition coefficient (Wildman–Crippen LogP) is 0.373. The molecule has 114 valence electrons. The Hall–Kier alpha value is -1.67. The molecule has 0 amide bonds. The molecule has 1 aromatic heterocycles. The number of nitrogens with two attached hydrogens (primary N) is 1. The van der Waals surface area contributed by atoms with Gasteiger partial charge in [-0.15, -0.1) is 0 Å². The van der Waals surface area contributed by atoms with Crippen molar-refractivity contribution in [1.29, 1.82) is 0 Å². The van der Waals surface area contributed by atoms with Crippen molar-refractivity contribution in [3.63, 3.8) is 0 Å². The molecule has 0 aliphatic carbocycles. The maximum Gasteiger partial charge on any atom is 0.231 e. The third-order valence-electron chi connectivity index (χ3n) is 2.86. The lowest BCUT2D eigenvalue weighted by Crippen LogP contribution is -2.28. The highest BCUT2D eigenvalue weighted by Crippen LogP contribution is 2.11. The minimum absolute atomic E-state index is 0.0742. The normalized spacial score (nSPS) is 12.2. The summed E-state index contributed by atoms with van der Waals surface area (Å²) in [6, 6.07) is 0. The summed E-state index contributed by atoms with van der Waals surface area (Å²) in [5.74, 6) is 1.22. The van der Waals surface area contributed by atoms with Gasteiger partial charge in [-0.3, -0.25) is 0 Å². The van der Waals surface area contributed by atoms with E-state index in [9.17, 15) is 0 Å². The van der Waals surface area contributed by atoms with Crippen molar-refractivity contribution in [2.75, 3.05) is 56.4 Å². The summed E-state index contributed by atoms with van der Waals surface area (Å²) in [6.07, 6.45) is -0.0742. The van der Waals surface area contributed by atoms with Crippen LogP contribution >= 0.6 is 0 Å². The molecule has 0 radical (unpaired) electrons. The minimum Gasteiger partial charge on any atom is -0.382 e. The highest BCUT2D eigenvalue weighted by atomic mass is 16.5. The van der Waals surface area contributed by atoms with Crippen molar-refractivity contribution >= 4 is 17.8 Å². The van der Waals surface area contributed by atoms with Gasteiger partial charge in [0.25, 0.3) is 0 Å². The first-order valence-corrected chi connectivity index (χ1v) is 6.66. The van der Waals surface area contributed by atoms with Crippen molar-refractivity contribution in [1.82, 2.24) is 15.0 Å². The summed E-state index contributed by atoms with van der Waals surface area (Å²) in [6.45, 7) is 6.72. The van der Waals surface area contributed by atoms with Crippen LogP contribution in [0.5, 0.6) is 0 Å². The van der Waals surface area contributed by atoms with E-state index in [1.54, 1.807) is 14.2 Å². The van der Waals surface area contributed by atoms with Gasteiger partial charge < -0.3 is 25.4 Å². The molecule has 1 unspecified atom stereocenters. The first kappa shape index (κ1) is 16.4. The molecule has 20 heavy (non-hydrogen) atoms. The van der Waals surface area contributed by atoms with E-state index in [1.807, 2.05) is 18.7 Å². The van der Waals surface area contributed by atoms with Crippen LogP contribution in [0.3, 0.4) is 0 Å². The number of aromatic nitrogens is 3. The molecular formula is C12H24N6O2. The van der Waals surface area contributed by atoms with Gasteiger partial charge in [0, 0.05) is 33.9 Å². The van der Waals surface area contributed by atoms with Gasteiger partial charge in [-0.05, 0) is 13.8 Å². The molecule has 3 N–H and O–H groups in total. The summed E-state index contributed by atoms with van der Waals surface area (Å²) < 4.78 is 10.3. The highest BCUT2D eigenvalue weighted by molar-refractivity contribution is 5.41. The van der Waals surface area contributed by atoms with Gasteiger partial charge in [-0.1, -0.05) is 0 Å². The van der Waals surface area contributed by atoms with Crippen molar-refractivity contribution < 1.29 is 9.47 Å². The van der Waals surface area contributed by atoms with E-state index in [0.29, 0.717) is 25.0 Å². The van der Waals surface area contributed by atoms with Crippen molar-refractivity contribution in [2.24, 2.45) is 0 Å². The van der Waals surface area contributed by atoms with E-state index in [-0.39, 0.29) is 12.1 Å². The summed E-state index contributed by atoms with van der Waals surface area (Å²) >= 11 is 0. The first-order valence-electron chi connectivity index (χ1n) is 6.66. The third-order valence-corrected chi connectivity index (χ3v) is 2.86. The molecule has 1 rings (SSSR count). The lowest BCUT2D eigenvalue weighted by Gasteiger charge is -2.19. The third kappa shape index (κ3) is 4.78. The fraction of sp³-hybridized carbons (Fsp3) is 0.750. The van der Waals surface area contributed by atoms with E-state index in [4.69, 9.17) is 15.2 Å². The number of nitrogens with zero attached hydrogens (tertiary/aromatic N) is 4. The quantitative estimate of drug-likeness (QED) is 0.671. The fourth-order valence-corrected chi connectivity index (χ4v) is 1.71. The summed E-state index contributed by atoms with van der Waals surface area (Å²) in [5, 5.41) is 3.09. The first-order chi connectivity index (χ1) is 9.64. The zero-order chi connectivity index (χ0) is 15.0. The number of methoxy groups -OCH3 is 2. The molecule has 8 nitrogen and oxygen atoms in total. The van der Waals surface area contributed by atoms with E-state index in [2.05, 4.69) is 20.3 Å². The maximum absolute atomic E-state index is 5.72. The average Bonchev–Trinajstić information content (AvgIpc) is 2.44. The topological polar surface area (TPSA) is 98.4 Å². The summed E-state index contributed by atoms with van der Waals surface area (Å²) in [7, 11) is 3.26. The van der Waals surface area contributed by atoms with Gasteiger partial charge in [0.2, 0.25) is 17.8 Å². The minimum atomic E-state index is -0.0742. The maximum atomic E-state index is 5.72. The summed E-state index contributed by atoms with van der Waals surface area (Å²) in [5.41, 5.74) is 5.72. The Balaban J connectivity index is 2.75. The molecule has 1 atom stereocenters. The molecule has 0 saturated carbocycles. The van der Waals surface area contributed by atoms with Gasteiger partial charge in [-0.25, -0.2) is 0 Å². The van der Waals surface area contributed by atoms with Crippen molar-refractivity contribution in [2.45, 2.75) is 20.0 Å². The molecule has 0 aliphatic heterocycles. The van der Waals surface area contributed by atoms with Crippen LogP contribution in [0.2, 0.25) is 0 Å². The highest BCUT2D eigenvalue weighted by Gasteiger charge is 2.11. The standard InChI is InChI=1S/C12H24N6O2/c1-5-18(6-2)12-16-10(13)15-11(17-12)14-7-9(20-4)8-19-3/h9H,5-8H2,1-4H3,(H3,13,14,15,16,17). The zero-order valence-corrected chi connectivity index (χ0v) is 12.6. The van der Waals surface area contributed by atoms with E-state index in [1.165, 1.54) is 0 Å². The Morgan fingerprint density at radius 1 is 1.20 bits per heavy atom. The number of rotatable bonds is 9. The number of ether oxygens (including phenoxy) is 2. The number of hydrogen-bond donors (Lipinski definition) is 2. The van der Waals surface area contributed by atoms with Crippen LogP contribution < -0.4 is 16.0 Å². The van der Waals surface area contributed by atoms with Crippen LogP contribution in [-0.4, -0.2) is 61.5 Å². The zero-order valence-electron chi connectivity index (χ0n) is 12.6. The molecule has 0 aliphatic rings. The predicted molar refractivity (Wildman–Crippen MR) is 79.0 cm³/mol. The molecule has 1 aromatic rings. The second kappa shape index (κ2) is 8.49. The molecule has 0 aromatic carbocycles. The van der Waals surface area contributed by atoms with E-state index >= 15 is 0 Å². The molecular weight excluding hydrogens is 260 g/mol. The van der Waals surface area contributed by atoms with Crippen LogP contribution in [0.4, 0.5) is 17.8 Å². The van der Waals surface area contributed by atoms with E-state index < -0.39 is 0 Å². The number of hydrogen-bond acceptors (Lipinski definition) is 8. The largest absolute Gasteiger partial charge is 0.382 e. The van der Waals surface area contributed by atoms with Gasteiger partial charge in [-0.2, -0.15) is 15.0 Å². The molecule has 0 saturated heterocycles. The molecule has 0 bridgehead atoms. The Labute approximate surface area is 119 Å². The van der Waals surface area contributed by atoms with Gasteiger partial charge in [0.1, 0.15) is 0 Å². The smallest absolute Gasteiger partial charge is 0.231 e. The van der Waals surface area contributed by atoms with Crippen molar-refractivity contribution in [3.05, 3.63) is 0 Å². The Morgan fingerprint density at radius 3 is 2.45 bits per heavy atom. The van der Waals surface area contributed by atoms with Crippen molar-refractivity contribution in [3.8, 4) is 0 Å². The van der Waals surface area contributed by atoms with E-state index in [0.717, 1.165) is 13.1 Å². The van der Waals surface area contributed by atoms with Crippen LogP contribution in [0.1, 0.15) is 13.8 Å². The number of anilines is 3. The summed E-state index contributed by atoms with van der Waals surface area (Å²) in [4.78, 5) is 14.6. The van der Waals surface area contributed by atoms with Crippen LogP contribution in [-0.2, 0) is 9.47 Å². The molecule has 1 heterocycles. The number of nitrogens with one attached hydrogen (secondary N) is 1. The molecule has 0 fully saturated rings. The molecule has 8 heteroatoms. The Morgan fingerprint density at radius 2 is 1.90 bits per heavy atom. The Bertz CT molecular complexity index is 400. The Kier molecular flexibility index (Phi) is 6.96. The lowest BCUT2D eigenvalue weighted by molar-refractivity contribution is 0.0365. The molecule has 0 spiro atoms. The second-order valence-electron chi connectivity index (χ2n) is 4.18.